The number of carbonyl (C=O) groups excluding carboxylic acids is 1. The lowest BCUT2D eigenvalue weighted by atomic mass is 9.71. The van der Waals surface area contributed by atoms with Crippen LogP contribution >= 0.6 is 12.4 Å². The Morgan fingerprint density at radius 2 is 1.71 bits per heavy atom. The van der Waals surface area contributed by atoms with Crippen LogP contribution in [-0.2, 0) is 15.1 Å². The van der Waals surface area contributed by atoms with Crippen LogP contribution in [-0.4, -0.2) is 31.5 Å². The second kappa shape index (κ2) is 10.4. The zero-order chi connectivity index (χ0) is 19.1. The van der Waals surface area contributed by atoms with E-state index >= 15 is 0 Å². The second-order valence-electron chi connectivity index (χ2n) is 7.63. The average molecular weight is 400 g/mol. The fourth-order valence-corrected chi connectivity index (χ4v) is 4.13. The summed E-state index contributed by atoms with van der Waals surface area (Å²) < 4.78 is 6.25. The predicted molar refractivity (Wildman–Crippen MR) is 117 cm³/mol. The number of halogens is 1. The first-order chi connectivity index (χ1) is 13.1. The van der Waals surface area contributed by atoms with E-state index in [2.05, 4.69) is 31.1 Å². The molecule has 0 aliphatic heterocycles. The van der Waals surface area contributed by atoms with Crippen LogP contribution in [0.15, 0.2) is 66.7 Å². The van der Waals surface area contributed by atoms with Gasteiger partial charge < -0.3 is 9.64 Å². The standard InChI is InChI=1S/C24H29NO2.ClH/c1-25(2)19-22-15-9-10-18-24(22,21-13-7-4-8-14-21)27-23(26)17-16-20-11-5-3-6-12-20;/h3-8,11-14,16-17,22H,9-10,15,18-19H2,1-2H3;1H/b17-16+;. The zero-order valence-electron chi connectivity index (χ0n) is 16.7. The molecular weight excluding hydrogens is 370 g/mol. The van der Waals surface area contributed by atoms with Crippen LogP contribution in [0.2, 0.25) is 0 Å². The lowest BCUT2D eigenvalue weighted by molar-refractivity contribution is -0.168. The molecule has 1 saturated carbocycles. The van der Waals surface area contributed by atoms with Gasteiger partial charge in [-0.2, -0.15) is 0 Å². The molecule has 150 valence electrons. The van der Waals surface area contributed by atoms with E-state index in [-0.39, 0.29) is 24.3 Å². The molecular formula is C24H30ClNO2. The van der Waals surface area contributed by atoms with E-state index < -0.39 is 5.60 Å². The van der Waals surface area contributed by atoms with Gasteiger partial charge in [0.1, 0.15) is 5.60 Å². The first kappa shape index (κ1) is 22.2. The highest BCUT2D eigenvalue weighted by atomic mass is 35.5. The Balaban J connectivity index is 0.00000280. The van der Waals surface area contributed by atoms with Gasteiger partial charge in [0, 0.05) is 18.5 Å². The number of hydrogen-bond donors (Lipinski definition) is 0. The van der Waals surface area contributed by atoms with Crippen LogP contribution in [0.1, 0.15) is 36.8 Å². The monoisotopic (exact) mass is 399 g/mol. The summed E-state index contributed by atoms with van der Waals surface area (Å²) in [5.74, 6) is 0.0195. The van der Waals surface area contributed by atoms with Gasteiger partial charge in [-0.1, -0.05) is 67.1 Å². The third-order valence-corrected chi connectivity index (χ3v) is 5.35. The van der Waals surface area contributed by atoms with E-state index in [9.17, 15) is 4.79 Å². The molecule has 0 radical (unpaired) electrons. The summed E-state index contributed by atoms with van der Waals surface area (Å²) in [4.78, 5) is 15.0. The Morgan fingerprint density at radius 1 is 1.07 bits per heavy atom. The van der Waals surface area contributed by atoms with Crippen LogP contribution in [0.3, 0.4) is 0 Å². The van der Waals surface area contributed by atoms with Gasteiger partial charge in [0.2, 0.25) is 0 Å². The maximum absolute atomic E-state index is 12.8. The largest absolute Gasteiger partial charge is 0.451 e. The van der Waals surface area contributed by atoms with Crippen molar-refractivity contribution in [2.75, 3.05) is 20.6 Å². The third-order valence-electron chi connectivity index (χ3n) is 5.35. The molecule has 0 amide bonds. The molecule has 1 aliphatic rings. The van der Waals surface area contributed by atoms with Crippen LogP contribution in [0.5, 0.6) is 0 Å². The van der Waals surface area contributed by atoms with Crippen LogP contribution in [0.4, 0.5) is 0 Å². The summed E-state index contributed by atoms with van der Waals surface area (Å²) in [6.45, 7) is 0.907. The van der Waals surface area contributed by atoms with E-state index in [1.165, 1.54) is 6.42 Å². The van der Waals surface area contributed by atoms with E-state index in [0.29, 0.717) is 0 Å². The van der Waals surface area contributed by atoms with Gasteiger partial charge in [0.05, 0.1) is 0 Å². The molecule has 0 aromatic heterocycles. The third kappa shape index (κ3) is 5.46. The molecule has 4 heteroatoms. The molecule has 0 spiro atoms. The van der Waals surface area contributed by atoms with Crippen molar-refractivity contribution in [2.24, 2.45) is 5.92 Å². The van der Waals surface area contributed by atoms with Crippen LogP contribution < -0.4 is 0 Å². The van der Waals surface area contributed by atoms with Crippen LogP contribution in [0, 0.1) is 5.92 Å². The molecule has 2 aromatic rings. The Morgan fingerprint density at radius 3 is 2.36 bits per heavy atom. The van der Waals surface area contributed by atoms with Crippen molar-refractivity contribution in [1.82, 2.24) is 4.90 Å². The van der Waals surface area contributed by atoms with Crippen LogP contribution in [0.25, 0.3) is 6.08 Å². The molecule has 1 aliphatic carbocycles. The molecule has 28 heavy (non-hydrogen) atoms. The second-order valence-corrected chi connectivity index (χ2v) is 7.63. The number of hydrogen-bond acceptors (Lipinski definition) is 3. The van der Waals surface area contributed by atoms with Crippen molar-refractivity contribution in [3.05, 3.63) is 77.9 Å². The van der Waals surface area contributed by atoms with Crippen molar-refractivity contribution >= 4 is 24.5 Å². The Hall–Kier alpha value is -2.10. The van der Waals surface area contributed by atoms with E-state index in [1.54, 1.807) is 6.08 Å². The smallest absolute Gasteiger partial charge is 0.331 e. The quantitative estimate of drug-likeness (QED) is 0.486. The number of nitrogens with zero attached hydrogens (tertiary/aromatic N) is 1. The summed E-state index contributed by atoms with van der Waals surface area (Å²) in [5.41, 5.74) is 1.55. The predicted octanol–water partition coefficient (Wildman–Crippen LogP) is 5.31. The molecule has 3 rings (SSSR count). The molecule has 2 aromatic carbocycles. The van der Waals surface area contributed by atoms with Crippen molar-refractivity contribution in [3.8, 4) is 0 Å². The minimum absolute atomic E-state index is 0. The number of benzene rings is 2. The Bertz CT molecular complexity index is 761. The molecule has 0 heterocycles. The van der Waals surface area contributed by atoms with E-state index in [4.69, 9.17) is 4.74 Å². The van der Waals surface area contributed by atoms with Crippen molar-refractivity contribution in [2.45, 2.75) is 31.3 Å². The summed E-state index contributed by atoms with van der Waals surface area (Å²) in [6.07, 6.45) is 7.59. The fraction of sp³-hybridized carbons (Fsp3) is 0.375. The van der Waals surface area contributed by atoms with E-state index in [0.717, 1.165) is 36.9 Å². The van der Waals surface area contributed by atoms with Gasteiger partial charge in [0.25, 0.3) is 0 Å². The number of rotatable bonds is 6. The SMILES string of the molecule is CN(C)CC1CCCCC1(OC(=O)/C=C/c1ccccc1)c1ccccc1.Cl. The molecule has 0 bridgehead atoms. The minimum atomic E-state index is -0.554. The molecule has 2 unspecified atom stereocenters. The van der Waals surface area contributed by atoms with Gasteiger partial charge in [0.15, 0.2) is 0 Å². The first-order valence-corrected chi connectivity index (χ1v) is 9.76. The maximum Gasteiger partial charge on any atom is 0.331 e. The van der Waals surface area contributed by atoms with Gasteiger partial charge in [-0.3, -0.25) is 0 Å². The first-order valence-electron chi connectivity index (χ1n) is 9.76. The summed E-state index contributed by atoms with van der Waals surface area (Å²) in [5, 5.41) is 0. The van der Waals surface area contributed by atoms with Gasteiger partial charge in [-0.15, -0.1) is 12.4 Å². The lowest BCUT2D eigenvalue weighted by Crippen LogP contribution is -2.46. The topological polar surface area (TPSA) is 29.5 Å². The average Bonchev–Trinajstić information content (AvgIpc) is 2.69. The Kier molecular flexibility index (Phi) is 8.28. The number of esters is 1. The normalized spacial score (nSPS) is 22.0. The molecule has 1 fully saturated rings. The summed E-state index contributed by atoms with van der Waals surface area (Å²) in [7, 11) is 4.17. The zero-order valence-corrected chi connectivity index (χ0v) is 17.5. The minimum Gasteiger partial charge on any atom is -0.451 e. The Labute approximate surface area is 174 Å². The number of ether oxygens (including phenoxy) is 1. The number of carbonyl (C=O) groups is 1. The van der Waals surface area contributed by atoms with Crippen molar-refractivity contribution in [1.29, 1.82) is 0 Å². The molecule has 2 atom stereocenters. The van der Waals surface area contributed by atoms with Gasteiger partial charge in [-0.25, -0.2) is 4.79 Å². The highest BCUT2D eigenvalue weighted by Crippen LogP contribution is 2.45. The summed E-state index contributed by atoms with van der Waals surface area (Å²) >= 11 is 0. The highest BCUT2D eigenvalue weighted by Gasteiger charge is 2.45. The fourth-order valence-electron chi connectivity index (χ4n) is 4.13. The van der Waals surface area contributed by atoms with Gasteiger partial charge in [-0.05, 0) is 50.6 Å². The van der Waals surface area contributed by atoms with E-state index in [1.807, 2.05) is 54.6 Å². The van der Waals surface area contributed by atoms with Crippen molar-refractivity contribution < 1.29 is 9.53 Å². The molecule has 3 nitrogen and oxygen atoms in total. The highest BCUT2D eigenvalue weighted by molar-refractivity contribution is 5.87. The summed E-state index contributed by atoms with van der Waals surface area (Å²) in [6, 6.07) is 20.1. The molecule has 0 N–H and O–H groups in total. The maximum atomic E-state index is 12.8. The van der Waals surface area contributed by atoms with Gasteiger partial charge >= 0.3 is 5.97 Å². The lowest BCUT2D eigenvalue weighted by Gasteiger charge is -2.44. The van der Waals surface area contributed by atoms with Crippen molar-refractivity contribution in [3.63, 3.8) is 0 Å². The molecule has 0 saturated heterocycles.